The van der Waals surface area contributed by atoms with Gasteiger partial charge < -0.3 is 0 Å². The van der Waals surface area contributed by atoms with Crippen molar-refractivity contribution in [3.63, 3.8) is 0 Å². The molecular formula is C18H24N4OS2. The van der Waals surface area contributed by atoms with E-state index < -0.39 is 0 Å². The monoisotopic (exact) mass is 376 g/mol. The molecule has 0 unspecified atom stereocenters. The second-order valence-electron chi connectivity index (χ2n) is 6.78. The Labute approximate surface area is 155 Å². The third-order valence-corrected chi connectivity index (χ3v) is 7.31. The van der Waals surface area contributed by atoms with Gasteiger partial charge >= 0.3 is 0 Å². The van der Waals surface area contributed by atoms with Crippen LogP contribution in [-0.4, -0.2) is 24.9 Å². The average Bonchev–Trinajstić information content (AvgIpc) is 3.29. The highest BCUT2D eigenvalue weighted by Crippen LogP contribution is 2.37. The Morgan fingerprint density at radius 2 is 2.00 bits per heavy atom. The fraction of sp³-hybridized carbons (Fsp3) is 0.611. The summed E-state index contributed by atoms with van der Waals surface area (Å²) >= 11 is 3.53. The largest absolute Gasteiger partial charge is 0.279 e. The molecule has 0 fully saturated rings. The van der Waals surface area contributed by atoms with Crippen molar-refractivity contribution in [1.82, 2.24) is 19.2 Å². The van der Waals surface area contributed by atoms with E-state index in [4.69, 9.17) is 0 Å². The number of unbranched alkanes of at least 4 members (excludes halogenated alkanes) is 4. The van der Waals surface area contributed by atoms with Crippen LogP contribution in [0.1, 0.15) is 55.9 Å². The van der Waals surface area contributed by atoms with Gasteiger partial charge in [0.05, 0.1) is 5.39 Å². The molecule has 0 saturated heterocycles. The minimum Gasteiger partial charge on any atom is -0.279 e. The standard InChI is InChI=1S/C18H24N4OS2/c1-3-4-5-6-7-11-24-18-20-19-17-21(2)15(23)14-12-9-8-10-13(12)25-16(14)22(17)18/h3-11H2,1-2H3. The number of nitrogens with zero attached hydrogens (tertiary/aromatic N) is 4. The van der Waals surface area contributed by atoms with Crippen LogP contribution >= 0.6 is 23.1 Å². The SMILES string of the molecule is CCCCCCCSc1nnc2n(C)c(=O)c3c4c(sc3n12)CCC4. The van der Waals surface area contributed by atoms with Crippen molar-refractivity contribution in [3.05, 3.63) is 20.8 Å². The first-order valence-corrected chi connectivity index (χ1v) is 11.0. The minimum absolute atomic E-state index is 0.0745. The Kier molecular flexibility index (Phi) is 4.86. The molecule has 0 amide bonds. The zero-order chi connectivity index (χ0) is 17.4. The molecule has 0 aromatic carbocycles. The molecular weight excluding hydrogens is 352 g/mol. The van der Waals surface area contributed by atoms with Crippen LogP contribution in [-0.2, 0) is 19.9 Å². The summed E-state index contributed by atoms with van der Waals surface area (Å²) in [6.07, 6.45) is 9.68. The van der Waals surface area contributed by atoms with Crippen LogP contribution in [0.4, 0.5) is 0 Å². The molecule has 0 spiro atoms. The summed E-state index contributed by atoms with van der Waals surface area (Å²) in [4.78, 5) is 15.2. The van der Waals surface area contributed by atoms with Crippen molar-refractivity contribution in [2.45, 2.75) is 63.4 Å². The number of thioether (sulfide) groups is 1. The molecule has 7 heteroatoms. The first kappa shape index (κ1) is 17.1. The summed E-state index contributed by atoms with van der Waals surface area (Å²) in [5, 5.41) is 10.5. The topological polar surface area (TPSA) is 52.2 Å². The van der Waals surface area contributed by atoms with Gasteiger partial charge in [-0.3, -0.25) is 9.36 Å². The van der Waals surface area contributed by atoms with E-state index in [-0.39, 0.29) is 5.56 Å². The van der Waals surface area contributed by atoms with Crippen LogP contribution < -0.4 is 5.56 Å². The molecule has 1 aliphatic carbocycles. The van der Waals surface area contributed by atoms with Crippen molar-refractivity contribution >= 4 is 39.1 Å². The summed E-state index contributed by atoms with van der Waals surface area (Å²) in [6.45, 7) is 2.24. The van der Waals surface area contributed by atoms with Gasteiger partial charge in [0.1, 0.15) is 4.83 Å². The van der Waals surface area contributed by atoms with E-state index in [0.717, 1.165) is 34.0 Å². The van der Waals surface area contributed by atoms with Crippen LogP contribution in [0.3, 0.4) is 0 Å². The van der Waals surface area contributed by atoms with Gasteiger partial charge in [0.15, 0.2) is 5.16 Å². The van der Waals surface area contributed by atoms with E-state index in [1.165, 1.54) is 49.0 Å². The Morgan fingerprint density at radius 3 is 2.84 bits per heavy atom. The highest BCUT2D eigenvalue weighted by Gasteiger charge is 2.24. The summed E-state index contributed by atoms with van der Waals surface area (Å²) in [5.41, 5.74) is 1.34. The highest BCUT2D eigenvalue weighted by atomic mass is 32.2. The maximum Gasteiger partial charge on any atom is 0.263 e. The van der Waals surface area contributed by atoms with Crippen molar-refractivity contribution < 1.29 is 0 Å². The number of aryl methyl sites for hydroxylation is 3. The first-order valence-electron chi connectivity index (χ1n) is 9.23. The molecule has 4 rings (SSSR count). The lowest BCUT2D eigenvalue weighted by atomic mass is 10.2. The smallest absolute Gasteiger partial charge is 0.263 e. The number of hydrogen-bond donors (Lipinski definition) is 0. The zero-order valence-electron chi connectivity index (χ0n) is 14.9. The molecule has 0 radical (unpaired) electrons. The molecule has 134 valence electrons. The summed E-state index contributed by atoms with van der Waals surface area (Å²) < 4.78 is 3.77. The Bertz CT molecular complexity index is 969. The van der Waals surface area contributed by atoms with Crippen molar-refractivity contribution in [2.75, 3.05) is 5.75 Å². The van der Waals surface area contributed by atoms with Crippen LogP contribution in [0.25, 0.3) is 16.0 Å². The second kappa shape index (κ2) is 7.11. The van der Waals surface area contributed by atoms with Gasteiger partial charge in [-0.25, -0.2) is 4.40 Å². The normalized spacial score (nSPS) is 14.0. The molecule has 1 aliphatic rings. The van der Waals surface area contributed by atoms with Gasteiger partial charge in [0.25, 0.3) is 5.56 Å². The molecule has 0 bridgehead atoms. The van der Waals surface area contributed by atoms with Gasteiger partial charge in [0.2, 0.25) is 5.78 Å². The van der Waals surface area contributed by atoms with Gasteiger partial charge in [-0.2, -0.15) is 0 Å². The fourth-order valence-electron chi connectivity index (χ4n) is 3.65. The third-order valence-electron chi connectivity index (χ3n) is 5.02. The Hall–Kier alpha value is -1.34. The lowest BCUT2D eigenvalue weighted by molar-refractivity contribution is 0.659. The van der Waals surface area contributed by atoms with Crippen molar-refractivity contribution in [3.8, 4) is 0 Å². The maximum absolute atomic E-state index is 12.8. The number of rotatable bonds is 7. The van der Waals surface area contributed by atoms with E-state index >= 15 is 0 Å². The maximum atomic E-state index is 12.8. The molecule has 3 heterocycles. The van der Waals surface area contributed by atoms with Crippen LogP contribution in [0.15, 0.2) is 9.95 Å². The van der Waals surface area contributed by atoms with Crippen molar-refractivity contribution in [1.29, 1.82) is 0 Å². The third kappa shape index (κ3) is 2.91. The van der Waals surface area contributed by atoms with E-state index in [1.807, 2.05) is 7.05 Å². The number of aromatic nitrogens is 4. The lowest BCUT2D eigenvalue weighted by Gasteiger charge is -2.05. The summed E-state index contributed by atoms with van der Waals surface area (Å²) in [7, 11) is 1.81. The molecule has 3 aromatic heterocycles. The van der Waals surface area contributed by atoms with Gasteiger partial charge in [0, 0.05) is 17.7 Å². The Morgan fingerprint density at radius 1 is 1.16 bits per heavy atom. The number of hydrogen-bond acceptors (Lipinski definition) is 5. The number of thiophene rings is 1. The van der Waals surface area contributed by atoms with Crippen LogP contribution in [0, 0.1) is 0 Å². The Balaban J connectivity index is 1.69. The quantitative estimate of drug-likeness (QED) is 0.458. The average molecular weight is 377 g/mol. The first-order chi connectivity index (χ1) is 12.2. The van der Waals surface area contributed by atoms with E-state index in [2.05, 4.69) is 21.5 Å². The van der Waals surface area contributed by atoms with Crippen LogP contribution in [0.5, 0.6) is 0 Å². The van der Waals surface area contributed by atoms with E-state index in [1.54, 1.807) is 27.7 Å². The molecule has 25 heavy (non-hydrogen) atoms. The fourth-order valence-corrected chi connectivity index (χ4v) is 6.01. The van der Waals surface area contributed by atoms with Gasteiger partial charge in [-0.05, 0) is 31.2 Å². The molecule has 5 nitrogen and oxygen atoms in total. The minimum atomic E-state index is 0.0745. The highest BCUT2D eigenvalue weighted by molar-refractivity contribution is 7.99. The summed E-state index contributed by atoms with van der Waals surface area (Å²) in [5.74, 6) is 1.71. The molecule has 3 aromatic rings. The molecule has 0 N–H and O–H groups in total. The molecule has 0 saturated carbocycles. The molecule has 0 aliphatic heterocycles. The molecule has 0 atom stereocenters. The van der Waals surface area contributed by atoms with E-state index in [9.17, 15) is 4.79 Å². The second-order valence-corrected chi connectivity index (χ2v) is 8.93. The van der Waals surface area contributed by atoms with Crippen molar-refractivity contribution in [2.24, 2.45) is 7.05 Å². The predicted molar refractivity (Wildman–Crippen MR) is 105 cm³/mol. The lowest BCUT2D eigenvalue weighted by Crippen LogP contribution is -2.20. The van der Waals surface area contributed by atoms with Crippen LogP contribution in [0.2, 0.25) is 0 Å². The van der Waals surface area contributed by atoms with E-state index in [0.29, 0.717) is 5.78 Å². The zero-order valence-corrected chi connectivity index (χ0v) is 16.5. The number of fused-ring (bicyclic) bond motifs is 5. The van der Waals surface area contributed by atoms with Gasteiger partial charge in [-0.15, -0.1) is 21.5 Å². The predicted octanol–water partition coefficient (Wildman–Crippen LogP) is 4.19. The van der Waals surface area contributed by atoms with Gasteiger partial charge in [-0.1, -0.05) is 44.4 Å². The summed E-state index contributed by atoms with van der Waals surface area (Å²) in [6, 6.07) is 0.